The summed E-state index contributed by atoms with van der Waals surface area (Å²) in [6.45, 7) is 12.4. The molecule has 0 radical (unpaired) electrons. The summed E-state index contributed by atoms with van der Waals surface area (Å²) in [5.74, 6) is 0.334. The van der Waals surface area contributed by atoms with E-state index in [1.807, 2.05) is 6.07 Å². The number of aryl methyl sites for hydroxylation is 2. The fourth-order valence-electron chi connectivity index (χ4n) is 4.42. The Labute approximate surface area is 208 Å². The van der Waals surface area contributed by atoms with Gasteiger partial charge in [0.2, 0.25) is 5.89 Å². The predicted octanol–water partition coefficient (Wildman–Crippen LogP) is 4.12. The number of hydrogen-bond acceptors (Lipinski definition) is 6. The topological polar surface area (TPSA) is 70.8 Å². The Kier molecular flexibility index (Phi) is 8.69. The first-order chi connectivity index (χ1) is 17.0. The highest BCUT2D eigenvalue weighted by Crippen LogP contribution is 2.25. The molecule has 35 heavy (non-hydrogen) atoms. The molecule has 1 fully saturated rings. The molecule has 7 nitrogen and oxygen atoms in total. The number of rotatable bonds is 10. The van der Waals surface area contributed by atoms with Crippen LogP contribution in [0.15, 0.2) is 59.2 Å². The summed E-state index contributed by atoms with van der Waals surface area (Å²) in [7, 11) is 0. The number of ether oxygens (including phenoxy) is 1. The van der Waals surface area contributed by atoms with Gasteiger partial charge >= 0.3 is 0 Å². The van der Waals surface area contributed by atoms with Crippen molar-refractivity contribution < 1.29 is 13.9 Å². The summed E-state index contributed by atoms with van der Waals surface area (Å²) in [5, 5.41) is 2.96. The summed E-state index contributed by atoms with van der Waals surface area (Å²) in [5.41, 5.74) is 5.34. The lowest BCUT2D eigenvalue weighted by Crippen LogP contribution is -2.41. The van der Waals surface area contributed by atoms with Crippen LogP contribution in [0.25, 0.3) is 0 Å². The summed E-state index contributed by atoms with van der Waals surface area (Å²) in [6.07, 6.45) is 1.46. The molecule has 1 aliphatic rings. The van der Waals surface area contributed by atoms with Crippen molar-refractivity contribution in [1.29, 1.82) is 0 Å². The lowest BCUT2D eigenvalue weighted by Gasteiger charge is -2.29. The van der Waals surface area contributed by atoms with Crippen LogP contribution in [0.1, 0.15) is 51.6 Å². The van der Waals surface area contributed by atoms with E-state index in [-0.39, 0.29) is 11.9 Å². The number of amides is 1. The largest absolute Gasteiger partial charge is 0.447 e. The molecular formula is C28H36N4O3. The minimum absolute atomic E-state index is 0.148. The smallest absolute Gasteiger partial charge is 0.273 e. The molecule has 0 aliphatic carbocycles. The summed E-state index contributed by atoms with van der Waals surface area (Å²) in [6, 6.07) is 17.1. The average Bonchev–Trinajstić information content (AvgIpc) is 3.34. The highest BCUT2D eigenvalue weighted by molar-refractivity contribution is 5.91. The van der Waals surface area contributed by atoms with Crippen LogP contribution in [0.2, 0.25) is 0 Å². The maximum Gasteiger partial charge on any atom is 0.273 e. The second-order valence-corrected chi connectivity index (χ2v) is 9.26. The van der Waals surface area contributed by atoms with Gasteiger partial charge in [0.25, 0.3) is 5.91 Å². The minimum Gasteiger partial charge on any atom is -0.447 e. The highest BCUT2D eigenvalue weighted by atomic mass is 16.5. The number of aromatic nitrogens is 1. The molecule has 0 bridgehead atoms. The van der Waals surface area contributed by atoms with Crippen molar-refractivity contribution in [2.24, 2.45) is 0 Å². The number of morpholine rings is 1. The minimum atomic E-state index is -0.203. The van der Waals surface area contributed by atoms with E-state index in [4.69, 9.17) is 9.15 Å². The first-order valence-electron chi connectivity index (χ1n) is 12.4. The van der Waals surface area contributed by atoms with Crippen LogP contribution in [0.4, 0.5) is 0 Å². The van der Waals surface area contributed by atoms with Gasteiger partial charge in [0.15, 0.2) is 5.69 Å². The molecule has 1 aromatic heterocycles. The normalized spacial score (nSPS) is 15.3. The molecule has 1 unspecified atom stereocenters. The lowest BCUT2D eigenvalue weighted by atomic mass is 10.0. The molecule has 2 aromatic carbocycles. The molecule has 4 rings (SSSR count). The third-order valence-corrected chi connectivity index (χ3v) is 6.64. The molecule has 2 heterocycles. The van der Waals surface area contributed by atoms with E-state index in [0.717, 1.165) is 39.4 Å². The number of hydrogen-bond donors (Lipinski definition) is 1. The Bertz CT molecular complexity index is 1090. The van der Waals surface area contributed by atoms with Crippen molar-refractivity contribution >= 4 is 5.91 Å². The maximum absolute atomic E-state index is 12.6. The lowest BCUT2D eigenvalue weighted by molar-refractivity contribution is 0.0383. The van der Waals surface area contributed by atoms with E-state index < -0.39 is 0 Å². The van der Waals surface area contributed by atoms with E-state index >= 15 is 0 Å². The number of carbonyl (C=O) groups is 1. The average molecular weight is 477 g/mol. The second-order valence-electron chi connectivity index (χ2n) is 9.26. The molecular weight excluding hydrogens is 440 g/mol. The monoisotopic (exact) mass is 476 g/mol. The van der Waals surface area contributed by atoms with Crippen LogP contribution in [0, 0.1) is 13.8 Å². The maximum atomic E-state index is 12.6. The van der Waals surface area contributed by atoms with Gasteiger partial charge in [-0.05, 0) is 37.5 Å². The van der Waals surface area contributed by atoms with Crippen molar-refractivity contribution in [3.05, 3.63) is 88.6 Å². The third-order valence-electron chi connectivity index (χ3n) is 6.64. The third kappa shape index (κ3) is 7.01. The zero-order valence-electron chi connectivity index (χ0n) is 21.0. The first kappa shape index (κ1) is 25.1. The van der Waals surface area contributed by atoms with Gasteiger partial charge in [0.1, 0.15) is 6.26 Å². The molecule has 186 valence electrons. The van der Waals surface area contributed by atoms with Crippen molar-refractivity contribution in [3.63, 3.8) is 0 Å². The number of nitrogens with one attached hydrogen (secondary N) is 1. The van der Waals surface area contributed by atoms with Crippen LogP contribution < -0.4 is 5.32 Å². The number of nitrogens with zero attached hydrogens (tertiary/aromatic N) is 3. The van der Waals surface area contributed by atoms with Crippen LogP contribution in [0.3, 0.4) is 0 Å². The van der Waals surface area contributed by atoms with Crippen molar-refractivity contribution in [1.82, 2.24) is 20.1 Å². The summed E-state index contributed by atoms with van der Waals surface area (Å²) < 4.78 is 11.1. The zero-order valence-corrected chi connectivity index (χ0v) is 21.0. The van der Waals surface area contributed by atoms with E-state index in [1.54, 1.807) is 0 Å². The molecule has 1 amide bonds. The molecule has 0 spiro atoms. The van der Waals surface area contributed by atoms with Gasteiger partial charge in [-0.3, -0.25) is 14.6 Å². The van der Waals surface area contributed by atoms with Crippen LogP contribution in [-0.4, -0.2) is 60.1 Å². The fourth-order valence-corrected chi connectivity index (χ4v) is 4.42. The van der Waals surface area contributed by atoms with Gasteiger partial charge in [0.05, 0.1) is 19.8 Å². The Morgan fingerprint density at radius 1 is 1.11 bits per heavy atom. The molecule has 1 saturated heterocycles. The summed E-state index contributed by atoms with van der Waals surface area (Å²) >= 11 is 0. The first-order valence-corrected chi connectivity index (χ1v) is 12.4. The highest BCUT2D eigenvalue weighted by Gasteiger charge is 2.21. The molecule has 1 atom stereocenters. The number of carbonyl (C=O) groups excluding carboxylic acids is 1. The van der Waals surface area contributed by atoms with E-state index in [1.165, 1.54) is 28.5 Å². The van der Waals surface area contributed by atoms with Gasteiger partial charge < -0.3 is 14.5 Å². The number of benzene rings is 2. The van der Waals surface area contributed by atoms with Crippen molar-refractivity contribution in [2.75, 3.05) is 39.4 Å². The van der Waals surface area contributed by atoms with E-state index in [9.17, 15) is 4.79 Å². The van der Waals surface area contributed by atoms with E-state index in [2.05, 4.69) is 83.3 Å². The quantitative estimate of drug-likeness (QED) is 0.475. The SMILES string of the molecule is Cc1ccc(CN(Cc2nc(C(=O)NCCN3CCOCC3)co2)C(C)c2ccccc2)c(C)c1. The van der Waals surface area contributed by atoms with Crippen LogP contribution >= 0.6 is 0 Å². The Hall–Kier alpha value is -3.00. The predicted molar refractivity (Wildman–Crippen MR) is 136 cm³/mol. The molecule has 1 N–H and O–H groups in total. The van der Waals surface area contributed by atoms with E-state index in [0.29, 0.717) is 24.7 Å². The van der Waals surface area contributed by atoms with Crippen molar-refractivity contribution in [2.45, 2.75) is 39.9 Å². The molecule has 1 aliphatic heterocycles. The van der Waals surface area contributed by atoms with Gasteiger partial charge in [-0.2, -0.15) is 0 Å². The molecule has 0 saturated carbocycles. The van der Waals surface area contributed by atoms with Gasteiger partial charge in [-0.1, -0.05) is 54.1 Å². The van der Waals surface area contributed by atoms with Gasteiger partial charge in [-0.15, -0.1) is 0 Å². The van der Waals surface area contributed by atoms with Gasteiger partial charge in [0, 0.05) is 38.8 Å². The Morgan fingerprint density at radius 3 is 2.63 bits per heavy atom. The number of oxazole rings is 1. The molecule has 3 aromatic rings. The molecule has 7 heteroatoms. The standard InChI is InChI=1S/C28H36N4O3/c1-21-9-10-25(22(2)17-21)18-32(23(3)24-7-5-4-6-8-24)19-27-30-26(20-35-27)28(33)29-11-12-31-13-15-34-16-14-31/h4-10,17,20,23H,11-16,18-19H2,1-3H3,(H,29,33). The fraction of sp³-hybridized carbons (Fsp3) is 0.429. The summed E-state index contributed by atoms with van der Waals surface area (Å²) in [4.78, 5) is 21.8. The van der Waals surface area contributed by atoms with Gasteiger partial charge in [-0.25, -0.2) is 4.98 Å². The van der Waals surface area contributed by atoms with Crippen LogP contribution in [-0.2, 0) is 17.8 Å². The van der Waals surface area contributed by atoms with Crippen molar-refractivity contribution in [3.8, 4) is 0 Å². The zero-order chi connectivity index (χ0) is 24.6. The Balaban J connectivity index is 1.42. The second kappa shape index (κ2) is 12.1. The Morgan fingerprint density at radius 2 is 1.89 bits per heavy atom. The van der Waals surface area contributed by atoms with Crippen LogP contribution in [0.5, 0.6) is 0 Å².